The Morgan fingerprint density at radius 1 is 1.42 bits per heavy atom. The SMILES string of the molecule is O=[N+]([O-])c1cc(OCCN2CCOCC2)ccc1O. The minimum absolute atomic E-state index is 0.344. The maximum Gasteiger partial charge on any atom is 0.314 e. The summed E-state index contributed by atoms with van der Waals surface area (Å²) in [5.41, 5.74) is -0.344. The lowest BCUT2D eigenvalue weighted by Gasteiger charge is -2.26. The molecule has 1 fully saturated rings. The molecule has 19 heavy (non-hydrogen) atoms. The molecular formula is C12H16N2O5. The van der Waals surface area contributed by atoms with Crippen molar-refractivity contribution in [2.24, 2.45) is 0 Å². The summed E-state index contributed by atoms with van der Waals surface area (Å²) >= 11 is 0. The number of rotatable bonds is 5. The average molecular weight is 268 g/mol. The zero-order chi connectivity index (χ0) is 13.7. The van der Waals surface area contributed by atoms with Crippen LogP contribution in [0.2, 0.25) is 0 Å². The fraction of sp³-hybridized carbons (Fsp3) is 0.500. The quantitative estimate of drug-likeness (QED) is 0.633. The van der Waals surface area contributed by atoms with Crippen molar-refractivity contribution in [3.05, 3.63) is 28.3 Å². The standard InChI is InChI=1S/C12H16N2O5/c15-12-2-1-10(9-11(12)14(16)17)19-8-5-13-3-6-18-7-4-13/h1-2,9,15H,3-8H2. The molecule has 104 valence electrons. The van der Waals surface area contributed by atoms with E-state index in [4.69, 9.17) is 9.47 Å². The van der Waals surface area contributed by atoms with Crippen LogP contribution in [0.4, 0.5) is 5.69 Å². The maximum absolute atomic E-state index is 10.7. The summed E-state index contributed by atoms with van der Waals surface area (Å²) in [7, 11) is 0. The zero-order valence-corrected chi connectivity index (χ0v) is 10.4. The summed E-state index contributed by atoms with van der Waals surface area (Å²) in [6, 6.07) is 4.01. The van der Waals surface area contributed by atoms with Crippen molar-refractivity contribution in [1.82, 2.24) is 4.90 Å². The van der Waals surface area contributed by atoms with Crippen molar-refractivity contribution in [1.29, 1.82) is 0 Å². The van der Waals surface area contributed by atoms with Gasteiger partial charge in [-0.3, -0.25) is 15.0 Å². The number of morpholine rings is 1. The van der Waals surface area contributed by atoms with Gasteiger partial charge in [-0.2, -0.15) is 0 Å². The van der Waals surface area contributed by atoms with E-state index in [1.807, 2.05) is 0 Å². The second-order valence-electron chi connectivity index (χ2n) is 4.21. The molecule has 0 aliphatic carbocycles. The molecule has 0 radical (unpaired) electrons. The van der Waals surface area contributed by atoms with Crippen molar-refractivity contribution in [3.63, 3.8) is 0 Å². The van der Waals surface area contributed by atoms with Gasteiger partial charge >= 0.3 is 5.69 Å². The molecule has 1 N–H and O–H groups in total. The molecule has 1 aromatic rings. The molecule has 1 aliphatic heterocycles. The molecule has 0 atom stereocenters. The third kappa shape index (κ3) is 3.80. The highest BCUT2D eigenvalue weighted by molar-refractivity contribution is 5.49. The number of nitro groups is 1. The van der Waals surface area contributed by atoms with E-state index in [-0.39, 0.29) is 11.4 Å². The molecule has 1 heterocycles. The van der Waals surface area contributed by atoms with E-state index >= 15 is 0 Å². The second kappa shape index (κ2) is 6.35. The van der Waals surface area contributed by atoms with E-state index in [9.17, 15) is 15.2 Å². The Bertz CT molecular complexity index is 446. The number of benzene rings is 1. The fourth-order valence-electron chi connectivity index (χ4n) is 1.86. The number of phenolic OH excluding ortho intramolecular Hbond substituents is 1. The summed E-state index contributed by atoms with van der Waals surface area (Å²) in [5.74, 6) is 0.0308. The first-order valence-electron chi connectivity index (χ1n) is 6.07. The first-order chi connectivity index (χ1) is 9.16. The molecule has 7 heteroatoms. The predicted octanol–water partition coefficient (Wildman–Crippen LogP) is 1.01. The van der Waals surface area contributed by atoms with Gasteiger partial charge in [-0.25, -0.2) is 0 Å². The second-order valence-corrected chi connectivity index (χ2v) is 4.21. The molecule has 0 amide bonds. The molecule has 2 rings (SSSR count). The number of phenols is 1. The third-order valence-corrected chi connectivity index (χ3v) is 2.92. The van der Waals surface area contributed by atoms with E-state index in [2.05, 4.69) is 4.90 Å². The lowest BCUT2D eigenvalue weighted by molar-refractivity contribution is -0.385. The lowest BCUT2D eigenvalue weighted by atomic mass is 10.3. The molecule has 1 aliphatic rings. The highest BCUT2D eigenvalue weighted by atomic mass is 16.6. The monoisotopic (exact) mass is 268 g/mol. The van der Waals surface area contributed by atoms with Crippen LogP contribution in [0.5, 0.6) is 11.5 Å². The van der Waals surface area contributed by atoms with E-state index in [1.165, 1.54) is 18.2 Å². The molecule has 0 bridgehead atoms. The van der Waals surface area contributed by atoms with E-state index in [0.29, 0.717) is 12.4 Å². The Balaban J connectivity index is 1.85. The van der Waals surface area contributed by atoms with Gasteiger partial charge in [0.05, 0.1) is 24.2 Å². The van der Waals surface area contributed by atoms with Crippen LogP contribution in [-0.4, -0.2) is 54.4 Å². The van der Waals surface area contributed by atoms with Crippen molar-refractivity contribution in [2.75, 3.05) is 39.5 Å². The third-order valence-electron chi connectivity index (χ3n) is 2.92. The minimum atomic E-state index is -0.635. The van der Waals surface area contributed by atoms with Crippen LogP contribution in [0.1, 0.15) is 0 Å². The van der Waals surface area contributed by atoms with Crippen molar-refractivity contribution in [2.45, 2.75) is 0 Å². The summed E-state index contributed by atoms with van der Waals surface area (Å²) in [6.07, 6.45) is 0. The molecule has 1 aromatic carbocycles. The number of ether oxygens (including phenoxy) is 2. The number of hydrogen-bond donors (Lipinski definition) is 1. The Morgan fingerprint density at radius 3 is 2.84 bits per heavy atom. The van der Waals surface area contributed by atoms with E-state index in [0.717, 1.165) is 32.8 Å². The Hall–Kier alpha value is -1.86. The van der Waals surface area contributed by atoms with Crippen LogP contribution in [0.3, 0.4) is 0 Å². The van der Waals surface area contributed by atoms with Crippen molar-refractivity contribution in [3.8, 4) is 11.5 Å². The maximum atomic E-state index is 10.7. The van der Waals surface area contributed by atoms with Crippen LogP contribution >= 0.6 is 0 Å². The zero-order valence-electron chi connectivity index (χ0n) is 10.4. The molecule has 0 spiro atoms. The summed E-state index contributed by atoms with van der Waals surface area (Å²) < 4.78 is 10.7. The lowest BCUT2D eigenvalue weighted by Crippen LogP contribution is -2.38. The summed E-state index contributed by atoms with van der Waals surface area (Å²) in [4.78, 5) is 12.2. The highest BCUT2D eigenvalue weighted by Crippen LogP contribution is 2.29. The molecule has 0 saturated carbocycles. The minimum Gasteiger partial charge on any atom is -0.502 e. The van der Waals surface area contributed by atoms with Gasteiger partial charge in [0.25, 0.3) is 0 Å². The topological polar surface area (TPSA) is 85.1 Å². The van der Waals surface area contributed by atoms with Gasteiger partial charge in [-0.1, -0.05) is 0 Å². The van der Waals surface area contributed by atoms with Gasteiger partial charge in [0.1, 0.15) is 12.4 Å². The van der Waals surface area contributed by atoms with E-state index < -0.39 is 4.92 Å². The predicted molar refractivity (Wildman–Crippen MR) is 67.5 cm³/mol. The summed E-state index contributed by atoms with van der Waals surface area (Å²) in [6.45, 7) is 4.40. The first-order valence-corrected chi connectivity index (χ1v) is 6.07. The average Bonchev–Trinajstić information content (AvgIpc) is 2.41. The molecule has 7 nitrogen and oxygen atoms in total. The first kappa shape index (κ1) is 13.6. The number of nitro benzene ring substituents is 1. The van der Waals surface area contributed by atoms with Crippen LogP contribution in [0.15, 0.2) is 18.2 Å². The fourth-order valence-corrected chi connectivity index (χ4v) is 1.86. The van der Waals surface area contributed by atoms with Crippen molar-refractivity contribution >= 4 is 5.69 Å². The Labute approximate surface area is 110 Å². The normalized spacial score (nSPS) is 16.2. The Morgan fingerprint density at radius 2 is 2.16 bits per heavy atom. The number of hydrogen-bond acceptors (Lipinski definition) is 6. The van der Waals surface area contributed by atoms with Gasteiger partial charge < -0.3 is 14.6 Å². The number of nitrogens with zero attached hydrogens (tertiary/aromatic N) is 2. The van der Waals surface area contributed by atoms with Gasteiger partial charge in [0, 0.05) is 19.6 Å². The van der Waals surface area contributed by atoms with Crippen LogP contribution < -0.4 is 4.74 Å². The summed E-state index contributed by atoms with van der Waals surface area (Å²) in [5, 5.41) is 20.0. The van der Waals surface area contributed by atoms with Crippen LogP contribution in [-0.2, 0) is 4.74 Å². The number of aromatic hydroxyl groups is 1. The van der Waals surface area contributed by atoms with E-state index in [1.54, 1.807) is 0 Å². The van der Waals surface area contributed by atoms with Gasteiger partial charge in [-0.15, -0.1) is 0 Å². The van der Waals surface area contributed by atoms with Crippen molar-refractivity contribution < 1.29 is 19.5 Å². The smallest absolute Gasteiger partial charge is 0.314 e. The Kier molecular flexibility index (Phi) is 4.53. The highest BCUT2D eigenvalue weighted by Gasteiger charge is 2.14. The largest absolute Gasteiger partial charge is 0.502 e. The van der Waals surface area contributed by atoms with Gasteiger partial charge in [0.2, 0.25) is 0 Å². The van der Waals surface area contributed by atoms with Gasteiger partial charge in [-0.05, 0) is 12.1 Å². The van der Waals surface area contributed by atoms with Crippen LogP contribution in [0.25, 0.3) is 0 Å². The molecule has 0 unspecified atom stereocenters. The molecule has 0 aromatic heterocycles. The van der Waals surface area contributed by atoms with Crippen LogP contribution in [0, 0.1) is 10.1 Å². The molecular weight excluding hydrogens is 252 g/mol. The van der Waals surface area contributed by atoms with Gasteiger partial charge in [0.15, 0.2) is 5.75 Å². The molecule has 1 saturated heterocycles.